The number of carbonyl (C=O) groups is 2. The molecular formula is C29H34F2N6O2. The number of nitrogens with one attached hydrogen (secondary N) is 1. The number of amidine groups is 1. The molecule has 0 aliphatic carbocycles. The van der Waals surface area contributed by atoms with Crippen LogP contribution in [0.3, 0.4) is 0 Å². The number of hydrogen-bond donors (Lipinski definition) is 2. The molecule has 1 aromatic heterocycles. The number of anilines is 2. The van der Waals surface area contributed by atoms with Gasteiger partial charge in [-0.3, -0.25) is 9.59 Å². The summed E-state index contributed by atoms with van der Waals surface area (Å²) in [6.07, 6.45) is 1.67. The van der Waals surface area contributed by atoms with Gasteiger partial charge in [0.15, 0.2) is 5.82 Å². The Morgan fingerprint density at radius 3 is 2.33 bits per heavy atom. The maximum atomic E-state index is 15.7. The first-order valence-electron chi connectivity index (χ1n) is 12.6. The summed E-state index contributed by atoms with van der Waals surface area (Å²) in [5.41, 5.74) is 7.90. The van der Waals surface area contributed by atoms with E-state index < -0.39 is 11.6 Å². The molecule has 39 heavy (non-hydrogen) atoms. The van der Waals surface area contributed by atoms with Crippen molar-refractivity contribution in [2.75, 3.05) is 37.2 Å². The third-order valence-corrected chi connectivity index (χ3v) is 6.62. The van der Waals surface area contributed by atoms with E-state index in [0.717, 1.165) is 11.6 Å². The fraction of sp³-hybridized carbons (Fsp3) is 0.310. The predicted molar refractivity (Wildman–Crippen MR) is 151 cm³/mol. The summed E-state index contributed by atoms with van der Waals surface area (Å²) in [5.74, 6) is -1.30. The Morgan fingerprint density at radius 2 is 1.79 bits per heavy atom. The Hall–Kier alpha value is -4.34. The molecule has 1 fully saturated rings. The van der Waals surface area contributed by atoms with Gasteiger partial charge in [-0.15, -0.1) is 0 Å². The van der Waals surface area contributed by atoms with E-state index >= 15 is 4.39 Å². The number of carbonyl (C=O) groups excluding carboxylic acids is 2. The number of hydrogen-bond acceptors (Lipinski definition) is 5. The van der Waals surface area contributed by atoms with Gasteiger partial charge in [0.2, 0.25) is 12.3 Å². The molecule has 0 unspecified atom stereocenters. The van der Waals surface area contributed by atoms with Gasteiger partial charge in [-0.05, 0) is 55.2 Å². The smallest absolute Gasteiger partial charge is 0.246 e. The van der Waals surface area contributed by atoms with Gasteiger partial charge in [-0.25, -0.2) is 18.8 Å². The number of nitrogens with two attached hydrogens (primary N) is 1. The lowest BCUT2D eigenvalue weighted by atomic mass is 10.00. The molecule has 10 heteroatoms. The lowest BCUT2D eigenvalue weighted by Gasteiger charge is -2.36. The molecule has 0 atom stereocenters. The zero-order valence-electron chi connectivity index (χ0n) is 22.7. The minimum absolute atomic E-state index is 0.00293. The van der Waals surface area contributed by atoms with Crippen molar-refractivity contribution in [2.45, 2.75) is 27.7 Å². The van der Waals surface area contributed by atoms with Gasteiger partial charge in [-0.1, -0.05) is 33.1 Å². The van der Waals surface area contributed by atoms with E-state index in [9.17, 15) is 14.0 Å². The van der Waals surface area contributed by atoms with E-state index in [-0.39, 0.29) is 40.2 Å². The SMILES string of the molecule is C=CC(=O)N1CCN(C(=N/C(C(=C)C)=C(/C)C(C)C)c2cc(F)c(-c3c(N)cccc3F)nc2NC=O)CC1. The Morgan fingerprint density at radius 1 is 1.15 bits per heavy atom. The van der Waals surface area contributed by atoms with Crippen LogP contribution in [0.1, 0.15) is 33.3 Å². The van der Waals surface area contributed by atoms with Crippen LogP contribution >= 0.6 is 0 Å². The quantitative estimate of drug-likeness (QED) is 0.126. The van der Waals surface area contributed by atoms with Crippen molar-refractivity contribution in [3.8, 4) is 11.3 Å². The predicted octanol–water partition coefficient (Wildman–Crippen LogP) is 4.76. The van der Waals surface area contributed by atoms with Crippen LogP contribution in [-0.4, -0.2) is 59.1 Å². The maximum absolute atomic E-state index is 15.7. The van der Waals surface area contributed by atoms with Crippen LogP contribution < -0.4 is 11.1 Å². The first-order valence-corrected chi connectivity index (χ1v) is 12.6. The molecule has 2 aromatic rings. The summed E-state index contributed by atoms with van der Waals surface area (Å²) in [7, 11) is 0. The van der Waals surface area contributed by atoms with Gasteiger partial charge in [0.05, 0.1) is 16.8 Å². The standard InChI is InChI=1S/C29H34F2N6O2/c1-7-24(39)36-11-13-37(14-12-36)29(35-26(18(4)5)19(6)17(2)3)20-15-22(31)27(34-28(20)33-16-38)25-21(30)9-8-10-23(25)32/h7-10,15-17H,1,4,11-14,32H2,2-3,5-6H3,(H,33,34,38)/b26-19-,35-29?. The fourth-order valence-electron chi connectivity index (χ4n) is 4.26. The van der Waals surface area contributed by atoms with Gasteiger partial charge >= 0.3 is 0 Å². The van der Waals surface area contributed by atoms with Crippen LogP contribution in [0.2, 0.25) is 0 Å². The molecule has 2 amide bonds. The minimum Gasteiger partial charge on any atom is -0.398 e. The molecule has 3 rings (SSSR count). The van der Waals surface area contributed by atoms with E-state index in [1.165, 1.54) is 24.3 Å². The lowest BCUT2D eigenvalue weighted by molar-refractivity contribution is -0.127. The molecule has 3 N–H and O–H groups in total. The number of nitrogens with zero attached hydrogens (tertiary/aromatic N) is 4. The van der Waals surface area contributed by atoms with Gasteiger partial charge in [0, 0.05) is 31.9 Å². The molecular weight excluding hydrogens is 502 g/mol. The molecule has 1 saturated heterocycles. The number of benzene rings is 1. The highest BCUT2D eigenvalue weighted by Crippen LogP contribution is 2.33. The van der Waals surface area contributed by atoms with Crippen molar-refractivity contribution < 1.29 is 18.4 Å². The van der Waals surface area contributed by atoms with Gasteiger partial charge in [-0.2, -0.15) is 0 Å². The second kappa shape index (κ2) is 12.5. The number of allylic oxidation sites excluding steroid dienone is 2. The number of rotatable bonds is 8. The first kappa shape index (κ1) is 29.2. The van der Waals surface area contributed by atoms with Crippen molar-refractivity contribution in [1.29, 1.82) is 0 Å². The monoisotopic (exact) mass is 536 g/mol. The molecule has 0 radical (unpaired) electrons. The molecule has 8 nitrogen and oxygen atoms in total. The van der Waals surface area contributed by atoms with Crippen LogP contribution in [-0.2, 0) is 9.59 Å². The summed E-state index contributed by atoms with van der Waals surface area (Å²) < 4.78 is 30.3. The number of amides is 2. The molecule has 2 heterocycles. The Bertz CT molecular complexity index is 1340. The van der Waals surface area contributed by atoms with E-state index in [2.05, 4.69) is 23.5 Å². The van der Waals surface area contributed by atoms with Crippen molar-refractivity contribution in [1.82, 2.24) is 14.8 Å². The lowest BCUT2D eigenvalue weighted by Crippen LogP contribution is -2.50. The molecule has 0 bridgehead atoms. The third kappa shape index (κ3) is 6.39. The van der Waals surface area contributed by atoms with Gasteiger partial charge in [0.25, 0.3) is 0 Å². The highest BCUT2D eigenvalue weighted by Gasteiger charge is 2.28. The molecule has 0 saturated carbocycles. The fourth-order valence-corrected chi connectivity index (χ4v) is 4.26. The number of halogens is 2. The van der Waals surface area contributed by atoms with Gasteiger partial charge in [0.1, 0.15) is 23.2 Å². The average molecular weight is 537 g/mol. The number of aliphatic imine (C=N–C) groups is 1. The minimum atomic E-state index is -0.840. The van der Waals surface area contributed by atoms with Crippen molar-refractivity contribution in [2.24, 2.45) is 10.9 Å². The second-order valence-electron chi connectivity index (χ2n) is 9.60. The zero-order valence-corrected chi connectivity index (χ0v) is 22.7. The van der Waals surface area contributed by atoms with Crippen molar-refractivity contribution in [3.05, 3.63) is 77.5 Å². The summed E-state index contributed by atoms with van der Waals surface area (Å²) in [6, 6.07) is 5.18. The maximum Gasteiger partial charge on any atom is 0.246 e. The Balaban J connectivity index is 2.26. The van der Waals surface area contributed by atoms with Crippen molar-refractivity contribution >= 4 is 29.7 Å². The number of pyridine rings is 1. The third-order valence-electron chi connectivity index (χ3n) is 6.62. The van der Waals surface area contributed by atoms with E-state index in [4.69, 9.17) is 10.7 Å². The summed E-state index contributed by atoms with van der Waals surface area (Å²) in [6.45, 7) is 17.0. The number of piperazine rings is 1. The average Bonchev–Trinajstić information content (AvgIpc) is 2.90. The molecule has 1 aromatic carbocycles. The zero-order chi connectivity index (χ0) is 28.9. The normalized spacial score (nSPS) is 14.7. The Kier molecular flexibility index (Phi) is 9.34. The largest absolute Gasteiger partial charge is 0.398 e. The van der Waals surface area contributed by atoms with Crippen LogP contribution in [0.15, 0.2) is 65.3 Å². The van der Waals surface area contributed by atoms with Crippen LogP contribution in [0, 0.1) is 17.6 Å². The highest BCUT2D eigenvalue weighted by atomic mass is 19.1. The van der Waals surface area contributed by atoms with Gasteiger partial charge < -0.3 is 20.9 Å². The molecule has 1 aliphatic heterocycles. The highest BCUT2D eigenvalue weighted by molar-refractivity contribution is 6.05. The Labute approximate surface area is 227 Å². The van der Waals surface area contributed by atoms with Crippen LogP contribution in [0.5, 0.6) is 0 Å². The second-order valence-corrected chi connectivity index (χ2v) is 9.60. The van der Waals surface area contributed by atoms with E-state index in [0.29, 0.717) is 49.7 Å². The van der Waals surface area contributed by atoms with E-state index in [1.54, 1.807) is 4.90 Å². The van der Waals surface area contributed by atoms with Crippen molar-refractivity contribution in [3.63, 3.8) is 0 Å². The van der Waals surface area contributed by atoms with Crippen LogP contribution in [0.4, 0.5) is 20.3 Å². The number of aromatic nitrogens is 1. The summed E-state index contributed by atoms with van der Waals surface area (Å²) in [4.78, 5) is 36.5. The summed E-state index contributed by atoms with van der Waals surface area (Å²) >= 11 is 0. The van der Waals surface area contributed by atoms with E-state index in [1.807, 2.05) is 32.6 Å². The molecule has 0 spiro atoms. The first-order chi connectivity index (χ1) is 18.5. The molecule has 206 valence electrons. The van der Waals surface area contributed by atoms with Crippen LogP contribution in [0.25, 0.3) is 11.3 Å². The molecule has 1 aliphatic rings. The number of nitrogen functional groups attached to an aromatic ring is 1. The summed E-state index contributed by atoms with van der Waals surface area (Å²) in [5, 5.41) is 2.52. The topological polar surface area (TPSA) is 104 Å².